The van der Waals surface area contributed by atoms with Crippen LogP contribution in [0.2, 0.25) is 5.02 Å². The van der Waals surface area contributed by atoms with E-state index in [4.69, 9.17) is 16.9 Å². The van der Waals surface area contributed by atoms with Gasteiger partial charge in [0, 0.05) is 29.9 Å². The number of aromatic nitrogens is 1. The van der Waals surface area contributed by atoms with Gasteiger partial charge in [-0.1, -0.05) is 29.8 Å². The van der Waals surface area contributed by atoms with E-state index in [-0.39, 0.29) is 17.5 Å². The van der Waals surface area contributed by atoms with Crippen molar-refractivity contribution in [2.24, 2.45) is 0 Å². The molecule has 0 radical (unpaired) electrons. The molecule has 1 fully saturated rings. The van der Waals surface area contributed by atoms with E-state index in [0.717, 1.165) is 0 Å². The first kappa shape index (κ1) is 16.0. The first-order valence-electron chi connectivity index (χ1n) is 7.31. The van der Waals surface area contributed by atoms with Gasteiger partial charge >= 0.3 is 0 Å². The Morgan fingerprint density at radius 3 is 2.79 bits per heavy atom. The Kier molecular flexibility index (Phi) is 4.45. The lowest BCUT2D eigenvalue weighted by atomic mass is 10.0. The quantitative estimate of drug-likeness (QED) is 0.905. The van der Waals surface area contributed by atoms with Crippen molar-refractivity contribution in [3.05, 3.63) is 64.4 Å². The highest BCUT2D eigenvalue weighted by atomic mass is 35.5. The number of nitriles is 1. The first-order valence-corrected chi connectivity index (χ1v) is 7.69. The fourth-order valence-electron chi connectivity index (χ4n) is 2.63. The minimum atomic E-state index is -0.808. The summed E-state index contributed by atoms with van der Waals surface area (Å²) >= 11 is 6.21. The molecule has 1 N–H and O–H groups in total. The molecular formula is C17H13ClN4O2. The zero-order valence-electron chi connectivity index (χ0n) is 12.6. The molecule has 120 valence electrons. The van der Waals surface area contributed by atoms with Crippen LogP contribution in [-0.2, 0) is 4.79 Å². The number of rotatable bonds is 2. The van der Waals surface area contributed by atoms with Gasteiger partial charge in [-0.15, -0.1) is 0 Å². The van der Waals surface area contributed by atoms with E-state index in [0.29, 0.717) is 29.2 Å². The van der Waals surface area contributed by atoms with Crippen LogP contribution < -0.4 is 5.32 Å². The molecule has 1 aromatic carbocycles. The number of halogens is 1. The Hall–Kier alpha value is -2.91. The standard InChI is InChI=1S/C17H13ClN4O2/c18-13-4-2-1-3-12(13)15-16(23)20-7-8-22(15)17(24)14-6-5-11(9-19)10-21-14/h1-6,10,15H,7-8H2,(H,20,23)/t15-/m0/s1. The highest BCUT2D eigenvalue weighted by Crippen LogP contribution is 2.30. The van der Waals surface area contributed by atoms with Crippen molar-refractivity contribution in [2.45, 2.75) is 6.04 Å². The number of carbonyl (C=O) groups excluding carboxylic acids is 2. The molecule has 24 heavy (non-hydrogen) atoms. The van der Waals surface area contributed by atoms with Crippen molar-refractivity contribution in [3.8, 4) is 6.07 Å². The topological polar surface area (TPSA) is 86.1 Å². The fraction of sp³-hybridized carbons (Fsp3) is 0.176. The maximum Gasteiger partial charge on any atom is 0.273 e. The number of hydrogen-bond acceptors (Lipinski definition) is 4. The van der Waals surface area contributed by atoms with Gasteiger partial charge in [-0.25, -0.2) is 4.98 Å². The van der Waals surface area contributed by atoms with Crippen LogP contribution in [0.4, 0.5) is 0 Å². The predicted molar refractivity (Wildman–Crippen MR) is 87.2 cm³/mol. The number of hydrogen-bond donors (Lipinski definition) is 1. The number of benzene rings is 1. The summed E-state index contributed by atoms with van der Waals surface area (Å²) in [6.07, 6.45) is 1.34. The van der Waals surface area contributed by atoms with Crippen LogP contribution in [-0.4, -0.2) is 34.8 Å². The molecule has 1 atom stereocenters. The molecule has 0 bridgehead atoms. The van der Waals surface area contributed by atoms with Crippen LogP contribution in [0.3, 0.4) is 0 Å². The monoisotopic (exact) mass is 340 g/mol. The van der Waals surface area contributed by atoms with Gasteiger partial charge in [0.25, 0.3) is 5.91 Å². The summed E-state index contributed by atoms with van der Waals surface area (Å²) in [6, 6.07) is 11.1. The number of pyridine rings is 1. The molecule has 1 aliphatic heterocycles. The summed E-state index contributed by atoms with van der Waals surface area (Å²) in [5, 5.41) is 12.0. The Balaban J connectivity index is 1.97. The van der Waals surface area contributed by atoms with Crippen molar-refractivity contribution in [1.82, 2.24) is 15.2 Å². The lowest BCUT2D eigenvalue weighted by molar-refractivity contribution is -0.128. The molecule has 0 spiro atoms. The van der Waals surface area contributed by atoms with Crippen LogP contribution >= 0.6 is 11.6 Å². The lowest BCUT2D eigenvalue weighted by Gasteiger charge is -2.35. The highest BCUT2D eigenvalue weighted by molar-refractivity contribution is 6.31. The van der Waals surface area contributed by atoms with Gasteiger partial charge in [-0.3, -0.25) is 9.59 Å². The van der Waals surface area contributed by atoms with Crippen LogP contribution in [0, 0.1) is 11.3 Å². The van der Waals surface area contributed by atoms with Gasteiger partial charge in [0.2, 0.25) is 5.91 Å². The van der Waals surface area contributed by atoms with Gasteiger partial charge < -0.3 is 10.2 Å². The third kappa shape index (κ3) is 2.94. The van der Waals surface area contributed by atoms with Crippen molar-refractivity contribution in [2.75, 3.05) is 13.1 Å². The fourth-order valence-corrected chi connectivity index (χ4v) is 2.86. The maximum absolute atomic E-state index is 12.8. The molecule has 1 aromatic heterocycles. The summed E-state index contributed by atoms with van der Waals surface area (Å²) in [6.45, 7) is 0.712. The molecule has 0 aliphatic carbocycles. The second-order valence-electron chi connectivity index (χ2n) is 5.26. The molecule has 0 saturated carbocycles. The van der Waals surface area contributed by atoms with E-state index >= 15 is 0 Å². The minimum Gasteiger partial charge on any atom is -0.352 e. The van der Waals surface area contributed by atoms with Gasteiger partial charge in [0.15, 0.2) is 0 Å². The third-order valence-corrected chi connectivity index (χ3v) is 4.13. The van der Waals surface area contributed by atoms with Crippen molar-refractivity contribution in [3.63, 3.8) is 0 Å². The Labute approximate surface area is 143 Å². The number of carbonyl (C=O) groups is 2. The van der Waals surface area contributed by atoms with Crippen molar-refractivity contribution < 1.29 is 9.59 Å². The van der Waals surface area contributed by atoms with Crippen LogP contribution in [0.5, 0.6) is 0 Å². The normalized spacial score (nSPS) is 17.1. The smallest absolute Gasteiger partial charge is 0.273 e. The molecule has 2 amide bonds. The molecule has 3 rings (SSSR count). The molecule has 2 heterocycles. The largest absolute Gasteiger partial charge is 0.352 e. The van der Waals surface area contributed by atoms with Gasteiger partial charge in [-0.05, 0) is 18.2 Å². The molecule has 2 aromatic rings. The Morgan fingerprint density at radius 1 is 1.33 bits per heavy atom. The number of nitrogens with one attached hydrogen (secondary N) is 1. The van der Waals surface area contributed by atoms with Crippen molar-refractivity contribution >= 4 is 23.4 Å². The molecular weight excluding hydrogens is 328 g/mol. The van der Waals surface area contributed by atoms with Crippen LogP contribution in [0.15, 0.2) is 42.6 Å². The predicted octanol–water partition coefficient (Wildman–Crippen LogP) is 1.92. The van der Waals surface area contributed by atoms with Gasteiger partial charge in [0.05, 0.1) is 5.56 Å². The average molecular weight is 341 g/mol. The zero-order chi connectivity index (χ0) is 17.1. The summed E-state index contributed by atoms with van der Waals surface area (Å²) in [4.78, 5) is 30.6. The van der Waals surface area contributed by atoms with E-state index in [1.54, 1.807) is 24.3 Å². The maximum atomic E-state index is 12.8. The first-order chi connectivity index (χ1) is 11.6. The second kappa shape index (κ2) is 6.69. The molecule has 7 heteroatoms. The summed E-state index contributed by atoms with van der Waals surface area (Å²) in [7, 11) is 0. The molecule has 6 nitrogen and oxygen atoms in total. The lowest BCUT2D eigenvalue weighted by Crippen LogP contribution is -2.52. The summed E-state index contributed by atoms with van der Waals surface area (Å²) < 4.78 is 0. The highest BCUT2D eigenvalue weighted by Gasteiger charge is 2.36. The Bertz CT molecular complexity index is 829. The van der Waals surface area contributed by atoms with Crippen molar-refractivity contribution in [1.29, 1.82) is 5.26 Å². The third-order valence-electron chi connectivity index (χ3n) is 3.78. The second-order valence-corrected chi connectivity index (χ2v) is 5.66. The van der Waals surface area contributed by atoms with E-state index in [1.807, 2.05) is 6.07 Å². The van der Waals surface area contributed by atoms with E-state index in [1.165, 1.54) is 23.2 Å². The zero-order valence-corrected chi connectivity index (χ0v) is 13.3. The van der Waals surface area contributed by atoms with Crippen LogP contribution in [0.25, 0.3) is 0 Å². The van der Waals surface area contributed by atoms with E-state index in [9.17, 15) is 9.59 Å². The van der Waals surface area contributed by atoms with E-state index in [2.05, 4.69) is 10.3 Å². The Morgan fingerprint density at radius 2 is 2.12 bits per heavy atom. The van der Waals surface area contributed by atoms with Gasteiger partial charge in [0.1, 0.15) is 17.8 Å². The SMILES string of the molecule is N#Cc1ccc(C(=O)N2CCNC(=O)[C@@H]2c2ccccc2Cl)nc1. The summed E-state index contributed by atoms with van der Waals surface area (Å²) in [5.41, 5.74) is 1.12. The number of amides is 2. The number of piperazine rings is 1. The molecule has 1 aliphatic rings. The molecule has 0 unspecified atom stereocenters. The average Bonchev–Trinajstić information content (AvgIpc) is 2.62. The van der Waals surface area contributed by atoms with E-state index < -0.39 is 6.04 Å². The molecule has 1 saturated heterocycles. The number of nitrogens with zero attached hydrogens (tertiary/aromatic N) is 3. The summed E-state index contributed by atoms with van der Waals surface area (Å²) in [5.74, 6) is -0.657. The van der Waals surface area contributed by atoms with Gasteiger partial charge in [-0.2, -0.15) is 5.26 Å². The van der Waals surface area contributed by atoms with Crippen LogP contribution in [0.1, 0.15) is 27.7 Å². The minimum absolute atomic E-state index is 0.181.